The van der Waals surface area contributed by atoms with Crippen molar-refractivity contribution in [1.29, 1.82) is 0 Å². The summed E-state index contributed by atoms with van der Waals surface area (Å²) >= 11 is 12.3. The fraction of sp³-hybridized carbons (Fsp3) is 0.160. The molecule has 6 nitrogen and oxygen atoms in total. The van der Waals surface area contributed by atoms with Crippen molar-refractivity contribution in [3.63, 3.8) is 0 Å². The van der Waals surface area contributed by atoms with E-state index in [1.54, 1.807) is 19.5 Å². The maximum Gasteiger partial charge on any atom is 0.174 e. The average Bonchev–Trinajstić information content (AvgIpc) is 3.43. The lowest BCUT2D eigenvalue weighted by Crippen LogP contribution is -2.30. The summed E-state index contributed by atoms with van der Waals surface area (Å²) in [5, 5.41) is 4.64. The Kier molecular flexibility index (Phi) is 5.98. The van der Waals surface area contributed by atoms with Gasteiger partial charge >= 0.3 is 0 Å². The van der Waals surface area contributed by atoms with E-state index in [2.05, 4.69) is 49.1 Å². The van der Waals surface area contributed by atoms with Gasteiger partial charge in [-0.15, -0.1) is 0 Å². The van der Waals surface area contributed by atoms with E-state index in [-0.39, 0.29) is 12.1 Å². The molecule has 4 heterocycles. The Morgan fingerprint density at radius 3 is 2.73 bits per heavy atom. The number of benzene rings is 1. The predicted octanol–water partition coefficient (Wildman–Crippen LogP) is 5.17. The van der Waals surface area contributed by atoms with Crippen LogP contribution in [-0.4, -0.2) is 26.8 Å². The molecule has 1 aliphatic heterocycles. The summed E-state index contributed by atoms with van der Waals surface area (Å²) in [5.41, 5.74) is 4.03. The second kappa shape index (κ2) is 9.21. The lowest BCUT2D eigenvalue weighted by atomic mass is 10.0. The van der Waals surface area contributed by atoms with E-state index in [4.69, 9.17) is 28.6 Å². The summed E-state index contributed by atoms with van der Waals surface area (Å²) in [6, 6.07) is 19.6. The van der Waals surface area contributed by atoms with Crippen LogP contribution in [0.5, 0.6) is 5.75 Å². The smallest absolute Gasteiger partial charge is 0.174 e. The van der Waals surface area contributed by atoms with Gasteiger partial charge in [-0.05, 0) is 66.3 Å². The van der Waals surface area contributed by atoms with Crippen molar-refractivity contribution in [3.05, 3.63) is 107 Å². The zero-order valence-corrected chi connectivity index (χ0v) is 19.5. The number of thiocarbonyl (C=S) groups is 1. The fourth-order valence-electron chi connectivity index (χ4n) is 4.27. The van der Waals surface area contributed by atoms with Gasteiger partial charge in [0.25, 0.3) is 0 Å². The molecule has 1 aromatic carbocycles. The number of hydrogen-bond donors (Lipinski definition) is 1. The third kappa shape index (κ3) is 4.17. The van der Waals surface area contributed by atoms with Crippen molar-refractivity contribution in [2.75, 3.05) is 12.0 Å². The van der Waals surface area contributed by atoms with Gasteiger partial charge in [0, 0.05) is 42.7 Å². The number of anilines is 1. The molecular weight excluding hydrogens is 454 g/mol. The first-order chi connectivity index (χ1) is 16.2. The Hall–Kier alpha value is -3.42. The van der Waals surface area contributed by atoms with Crippen LogP contribution < -0.4 is 15.0 Å². The molecule has 0 spiro atoms. The number of rotatable bonds is 6. The monoisotopic (exact) mass is 475 g/mol. The Morgan fingerprint density at radius 2 is 2.00 bits per heavy atom. The summed E-state index contributed by atoms with van der Waals surface area (Å²) in [4.78, 5) is 11.0. The quantitative estimate of drug-likeness (QED) is 0.388. The lowest BCUT2D eigenvalue weighted by Gasteiger charge is -2.29. The van der Waals surface area contributed by atoms with Gasteiger partial charge in [-0.25, -0.2) is 0 Å². The van der Waals surface area contributed by atoms with Crippen molar-refractivity contribution >= 4 is 34.6 Å². The number of aromatic nitrogens is 3. The zero-order valence-electron chi connectivity index (χ0n) is 17.9. The van der Waals surface area contributed by atoms with Crippen molar-refractivity contribution in [2.45, 2.75) is 18.6 Å². The number of nitrogens with one attached hydrogen (secondary N) is 1. The van der Waals surface area contributed by atoms with Crippen LogP contribution in [0.4, 0.5) is 5.69 Å². The minimum atomic E-state index is -0.137. The minimum Gasteiger partial charge on any atom is -0.495 e. The Morgan fingerprint density at radius 1 is 1.09 bits per heavy atom. The summed E-state index contributed by atoms with van der Waals surface area (Å²) in [6.07, 6.45) is 7.56. The third-order valence-corrected chi connectivity index (χ3v) is 6.36. The molecular formula is C25H22ClN5OS. The van der Waals surface area contributed by atoms with E-state index in [1.165, 1.54) is 0 Å². The van der Waals surface area contributed by atoms with Crippen LogP contribution in [-0.2, 0) is 6.54 Å². The highest BCUT2D eigenvalue weighted by Crippen LogP contribution is 2.43. The van der Waals surface area contributed by atoms with E-state index >= 15 is 0 Å². The number of hydrogen-bond acceptors (Lipinski definition) is 4. The maximum absolute atomic E-state index is 6.48. The topological polar surface area (TPSA) is 55.2 Å². The normalized spacial score (nSPS) is 17.8. The van der Waals surface area contributed by atoms with Gasteiger partial charge in [0.2, 0.25) is 0 Å². The predicted molar refractivity (Wildman–Crippen MR) is 134 cm³/mol. The highest BCUT2D eigenvalue weighted by molar-refractivity contribution is 7.80. The molecule has 33 heavy (non-hydrogen) atoms. The van der Waals surface area contributed by atoms with Gasteiger partial charge in [-0.1, -0.05) is 23.7 Å². The van der Waals surface area contributed by atoms with E-state index < -0.39 is 0 Å². The Labute approximate surface area is 202 Å². The number of pyridine rings is 2. The molecule has 2 unspecified atom stereocenters. The Bertz CT molecular complexity index is 1260. The van der Waals surface area contributed by atoms with Crippen molar-refractivity contribution in [1.82, 2.24) is 19.9 Å². The fourth-order valence-corrected chi connectivity index (χ4v) is 4.86. The van der Waals surface area contributed by atoms with Gasteiger partial charge < -0.3 is 19.5 Å². The van der Waals surface area contributed by atoms with Crippen LogP contribution in [0.1, 0.15) is 29.0 Å². The molecule has 166 valence electrons. The zero-order chi connectivity index (χ0) is 22.8. The van der Waals surface area contributed by atoms with Gasteiger partial charge in [-0.2, -0.15) is 0 Å². The molecule has 8 heteroatoms. The molecule has 1 fully saturated rings. The highest BCUT2D eigenvalue weighted by atomic mass is 35.5. The first-order valence-electron chi connectivity index (χ1n) is 10.5. The average molecular weight is 476 g/mol. The molecule has 3 aromatic heterocycles. The molecule has 0 aliphatic carbocycles. The molecule has 0 radical (unpaired) electrons. The summed E-state index contributed by atoms with van der Waals surface area (Å²) in [7, 11) is 1.61. The van der Waals surface area contributed by atoms with Crippen LogP contribution in [0.25, 0.3) is 0 Å². The van der Waals surface area contributed by atoms with Gasteiger partial charge in [0.1, 0.15) is 11.8 Å². The molecule has 1 aliphatic rings. The van der Waals surface area contributed by atoms with Crippen molar-refractivity contribution < 1.29 is 4.74 Å². The Balaban J connectivity index is 1.60. The number of methoxy groups -OCH3 is 1. The number of nitrogens with zero attached hydrogens (tertiary/aromatic N) is 4. The largest absolute Gasteiger partial charge is 0.495 e. The summed E-state index contributed by atoms with van der Waals surface area (Å²) in [6.45, 7) is 0.700. The van der Waals surface area contributed by atoms with Gasteiger partial charge in [-0.3, -0.25) is 9.97 Å². The van der Waals surface area contributed by atoms with Crippen LogP contribution in [0.3, 0.4) is 0 Å². The van der Waals surface area contributed by atoms with Crippen LogP contribution >= 0.6 is 23.8 Å². The first kappa shape index (κ1) is 21.4. The molecule has 0 bridgehead atoms. The molecule has 5 rings (SSSR count). The van der Waals surface area contributed by atoms with E-state index in [0.29, 0.717) is 22.4 Å². The maximum atomic E-state index is 6.48. The summed E-state index contributed by atoms with van der Waals surface area (Å²) in [5.74, 6) is 0.622. The van der Waals surface area contributed by atoms with Gasteiger partial charge in [0.05, 0.1) is 23.9 Å². The SMILES string of the molecule is COc1ccc(N2C(=S)NC(c3ccccn3)C2c2cccn2Cc2cccnc2)cc1Cl. The van der Waals surface area contributed by atoms with Crippen LogP contribution in [0, 0.1) is 0 Å². The van der Waals surface area contributed by atoms with Gasteiger partial charge in [0.15, 0.2) is 5.11 Å². The van der Waals surface area contributed by atoms with Crippen molar-refractivity contribution in [3.8, 4) is 5.75 Å². The van der Waals surface area contributed by atoms with E-state index in [1.807, 2.05) is 48.7 Å². The standard InChI is InChI=1S/C25H22ClN5OS/c1-32-22-10-9-18(14-19(22)26)31-24(23(29-25(31)33)20-7-2-3-12-28-20)21-8-5-13-30(21)16-17-6-4-11-27-15-17/h2-15,23-24H,16H2,1H3,(H,29,33). The molecule has 0 amide bonds. The van der Waals surface area contributed by atoms with Crippen LogP contribution in [0.2, 0.25) is 5.02 Å². The third-order valence-electron chi connectivity index (χ3n) is 5.76. The lowest BCUT2D eigenvalue weighted by molar-refractivity contribution is 0.415. The van der Waals surface area contributed by atoms with E-state index in [9.17, 15) is 0 Å². The minimum absolute atomic E-state index is 0.136. The highest BCUT2D eigenvalue weighted by Gasteiger charge is 2.42. The van der Waals surface area contributed by atoms with Crippen LogP contribution in [0.15, 0.2) is 85.5 Å². The summed E-state index contributed by atoms with van der Waals surface area (Å²) < 4.78 is 7.57. The molecule has 2 atom stereocenters. The van der Waals surface area contributed by atoms with Crippen molar-refractivity contribution in [2.24, 2.45) is 0 Å². The molecule has 1 saturated heterocycles. The number of halogens is 1. The second-order valence-electron chi connectivity index (χ2n) is 7.74. The molecule has 1 N–H and O–H groups in total. The number of ether oxygens (including phenoxy) is 1. The first-order valence-corrected chi connectivity index (χ1v) is 11.3. The molecule has 0 saturated carbocycles. The van der Waals surface area contributed by atoms with E-state index in [0.717, 1.165) is 22.6 Å². The molecule has 4 aromatic rings. The second-order valence-corrected chi connectivity index (χ2v) is 8.53.